The highest BCUT2D eigenvalue weighted by Crippen LogP contribution is 2.29. The minimum absolute atomic E-state index is 0.195. The van der Waals surface area contributed by atoms with E-state index in [2.05, 4.69) is 16.6 Å². The van der Waals surface area contributed by atoms with E-state index in [1.54, 1.807) is 32.1 Å². The number of aliphatic hydroxyl groups is 1. The molecule has 0 unspecified atom stereocenters. The molecule has 0 fully saturated rings. The number of carbonyl (C=O) groups is 3. The van der Waals surface area contributed by atoms with Gasteiger partial charge in [-0.2, -0.15) is 0 Å². The van der Waals surface area contributed by atoms with E-state index in [0.29, 0.717) is 16.7 Å². The summed E-state index contributed by atoms with van der Waals surface area (Å²) in [5.41, 5.74) is 0.709. The fourth-order valence-electron chi connectivity index (χ4n) is 2.54. The number of allylic oxidation sites excluding steroid dienone is 2. The van der Waals surface area contributed by atoms with Gasteiger partial charge in [-0.15, -0.1) is 6.42 Å². The van der Waals surface area contributed by atoms with Crippen LogP contribution in [0.2, 0.25) is 0 Å². The molecular formula is C22H26N2O5. The third kappa shape index (κ3) is 6.25. The van der Waals surface area contributed by atoms with Crippen LogP contribution in [-0.2, 0) is 9.59 Å². The summed E-state index contributed by atoms with van der Waals surface area (Å²) in [5.74, 6) is -0.915. The molecule has 7 nitrogen and oxygen atoms in total. The molecule has 1 aromatic rings. The van der Waals surface area contributed by atoms with E-state index in [1.165, 1.54) is 6.07 Å². The van der Waals surface area contributed by atoms with Crippen LogP contribution in [0.25, 0.3) is 11.3 Å². The number of carboxylic acids is 1. The fraction of sp³-hybridized carbons (Fsp3) is 0.318. The normalized spacial score (nSPS) is 12.5. The molecule has 29 heavy (non-hydrogen) atoms. The van der Waals surface area contributed by atoms with Crippen molar-refractivity contribution in [1.29, 1.82) is 0 Å². The molecule has 1 rings (SSSR count). The first kappa shape index (κ1) is 23.5. The van der Waals surface area contributed by atoms with Gasteiger partial charge in [0.1, 0.15) is 17.9 Å². The van der Waals surface area contributed by atoms with Gasteiger partial charge < -0.3 is 20.8 Å². The molecule has 0 radical (unpaired) electrons. The second-order valence-corrected chi connectivity index (χ2v) is 7.35. The minimum Gasteiger partial charge on any atom is -0.506 e. The van der Waals surface area contributed by atoms with Gasteiger partial charge in [0.15, 0.2) is 0 Å². The van der Waals surface area contributed by atoms with Crippen LogP contribution in [0.5, 0.6) is 0 Å². The Kier molecular flexibility index (Phi) is 7.78. The summed E-state index contributed by atoms with van der Waals surface area (Å²) in [4.78, 5) is 35.7. The molecule has 0 aromatic heterocycles. The van der Waals surface area contributed by atoms with Gasteiger partial charge in [-0.25, -0.2) is 0 Å². The van der Waals surface area contributed by atoms with E-state index in [9.17, 15) is 19.5 Å². The topological polar surface area (TPSA) is 116 Å². The van der Waals surface area contributed by atoms with Crippen molar-refractivity contribution in [3.63, 3.8) is 0 Å². The molecule has 0 heterocycles. The van der Waals surface area contributed by atoms with Crippen molar-refractivity contribution in [3.05, 3.63) is 46.5 Å². The zero-order valence-electron chi connectivity index (χ0n) is 17.2. The fourth-order valence-corrected chi connectivity index (χ4v) is 2.54. The molecule has 0 atom stereocenters. The lowest BCUT2D eigenvalue weighted by molar-refractivity contribution is -0.137. The number of hydrogen-bond acceptors (Lipinski definition) is 4. The standard InChI is InChI=1S/C22H26N2O5/c1-7-13(3)18-15(10-9-11-16(18)21(29)24-22(4,5)6)19(27)14(8-2)20(28)23-12-17(25)26/h2,7,9-11,27H,12H2,1,3-6H3,(H,23,28)(H,24,29)(H,25,26)/b13-7-,19-14-. The van der Waals surface area contributed by atoms with E-state index < -0.39 is 35.3 Å². The van der Waals surface area contributed by atoms with E-state index in [0.717, 1.165) is 0 Å². The number of carbonyl (C=O) groups excluding carboxylic acids is 2. The predicted molar refractivity (Wildman–Crippen MR) is 112 cm³/mol. The van der Waals surface area contributed by atoms with Crippen LogP contribution >= 0.6 is 0 Å². The van der Waals surface area contributed by atoms with Crippen molar-refractivity contribution in [3.8, 4) is 12.3 Å². The number of aliphatic hydroxyl groups excluding tert-OH is 1. The average Bonchev–Trinajstić information content (AvgIpc) is 2.64. The summed E-state index contributed by atoms with van der Waals surface area (Å²) in [6.07, 6.45) is 7.15. The summed E-state index contributed by atoms with van der Waals surface area (Å²) >= 11 is 0. The number of nitrogens with one attached hydrogen (secondary N) is 2. The summed E-state index contributed by atoms with van der Waals surface area (Å²) in [5, 5.41) is 24.5. The molecule has 0 spiro atoms. The van der Waals surface area contributed by atoms with Crippen molar-refractivity contribution in [2.24, 2.45) is 0 Å². The van der Waals surface area contributed by atoms with Crippen LogP contribution in [0.15, 0.2) is 29.8 Å². The SMILES string of the molecule is C#C/C(C(=O)NCC(=O)O)=C(/O)c1cccc(C(=O)NC(C)(C)C)c1/C(C)=C\C. The molecule has 0 saturated heterocycles. The van der Waals surface area contributed by atoms with Crippen LogP contribution < -0.4 is 10.6 Å². The van der Waals surface area contributed by atoms with Crippen molar-refractivity contribution < 1.29 is 24.6 Å². The molecule has 154 valence electrons. The van der Waals surface area contributed by atoms with Gasteiger partial charge in [-0.05, 0) is 46.3 Å². The number of terminal acetylenes is 1. The zero-order chi connectivity index (χ0) is 22.4. The summed E-state index contributed by atoms with van der Waals surface area (Å²) in [7, 11) is 0. The Morgan fingerprint density at radius 1 is 1.17 bits per heavy atom. The Morgan fingerprint density at radius 3 is 2.24 bits per heavy atom. The maximum Gasteiger partial charge on any atom is 0.322 e. The molecule has 0 aliphatic heterocycles. The molecule has 0 aliphatic rings. The number of benzene rings is 1. The van der Waals surface area contributed by atoms with Crippen LogP contribution in [0.3, 0.4) is 0 Å². The molecule has 1 aromatic carbocycles. The van der Waals surface area contributed by atoms with Crippen LogP contribution in [0.1, 0.15) is 56.1 Å². The molecule has 2 amide bonds. The van der Waals surface area contributed by atoms with E-state index in [4.69, 9.17) is 11.5 Å². The summed E-state index contributed by atoms with van der Waals surface area (Å²) in [6.45, 7) is 8.43. The summed E-state index contributed by atoms with van der Waals surface area (Å²) in [6, 6.07) is 4.71. The maximum absolute atomic E-state index is 12.8. The zero-order valence-corrected chi connectivity index (χ0v) is 17.2. The van der Waals surface area contributed by atoms with Crippen LogP contribution in [-0.4, -0.2) is 40.1 Å². The number of hydrogen-bond donors (Lipinski definition) is 4. The second-order valence-electron chi connectivity index (χ2n) is 7.35. The lowest BCUT2D eigenvalue weighted by Crippen LogP contribution is -2.41. The quantitative estimate of drug-likeness (QED) is 0.334. The molecule has 7 heteroatoms. The molecule has 4 N–H and O–H groups in total. The smallest absolute Gasteiger partial charge is 0.322 e. The Hall–Kier alpha value is -3.53. The number of rotatable bonds is 6. The van der Waals surface area contributed by atoms with Crippen LogP contribution in [0, 0.1) is 12.3 Å². The number of carboxylic acid groups (broad SMARTS) is 1. The Balaban J connectivity index is 3.64. The first-order valence-corrected chi connectivity index (χ1v) is 8.92. The van der Waals surface area contributed by atoms with E-state index >= 15 is 0 Å². The molecule has 0 bridgehead atoms. The highest BCUT2D eigenvalue weighted by Gasteiger charge is 2.24. The predicted octanol–water partition coefficient (Wildman–Crippen LogP) is 2.74. The Labute approximate surface area is 170 Å². The first-order valence-electron chi connectivity index (χ1n) is 8.92. The largest absolute Gasteiger partial charge is 0.506 e. The number of amides is 2. The monoisotopic (exact) mass is 398 g/mol. The third-order valence-electron chi connectivity index (χ3n) is 3.89. The van der Waals surface area contributed by atoms with Crippen molar-refractivity contribution in [2.75, 3.05) is 6.54 Å². The third-order valence-corrected chi connectivity index (χ3v) is 3.89. The van der Waals surface area contributed by atoms with Gasteiger partial charge in [0.2, 0.25) is 0 Å². The minimum atomic E-state index is -1.25. The van der Waals surface area contributed by atoms with E-state index in [-0.39, 0.29) is 11.5 Å². The van der Waals surface area contributed by atoms with Gasteiger partial charge in [-0.3, -0.25) is 14.4 Å². The Bertz CT molecular complexity index is 928. The highest BCUT2D eigenvalue weighted by atomic mass is 16.4. The van der Waals surface area contributed by atoms with Gasteiger partial charge in [0.05, 0.1) is 0 Å². The lowest BCUT2D eigenvalue weighted by atomic mass is 9.91. The van der Waals surface area contributed by atoms with Gasteiger partial charge in [0, 0.05) is 22.2 Å². The Morgan fingerprint density at radius 2 is 1.76 bits per heavy atom. The molecular weight excluding hydrogens is 372 g/mol. The van der Waals surface area contributed by atoms with Crippen LogP contribution in [0.4, 0.5) is 0 Å². The average molecular weight is 398 g/mol. The van der Waals surface area contributed by atoms with Gasteiger partial charge in [0.25, 0.3) is 11.8 Å². The maximum atomic E-state index is 12.8. The lowest BCUT2D eigenvalue weighted by Gasteiger charge is -2.23. The molecule has 0 aliphatic carbocycles. The molecule has 0 saturated carbocycles. The van der Waals surface area contributed by atoms with Crippen molar-refractivity contribution >= 4 is 29.1 Å². The highest BCUT2D eigenvalue weighted by molar-refractivity contribution is 6.07. The van der Waals surface area contributed by atoms with Gasteiger partial charge >= 0.3 is 5.97 Å². The summed E-state index contributed by atoms with van der Waals surface area (Å²) < 4.78 is 0. The number of aliphatic carboxylic acids is 1. The van der Waals surface area contributed by atoms with Crippen molar-refractivity contribution in [2.45, 2.75) is 40.2 Å². The van der Waals surface area contributed by atoms with E-state index in [1.807, 2.05) is 20.8 Å². The van der Waals surface area contributed by atoms with Gasteiger partial charge in [-0.1, -0.05) is 24.1 Å². The second kappa shape index (κ2) is 9.60. The first-order chi connectivity index (χ1) is 13.4. The van der Waals surface area contributed by atoms with Crippen molar-refractivity contribution in [1.82, 2.24) is 10.6 Å².